The number of benzene rings is 3. The second kappa shape index (κ2) is 10.0. The van der Waals surface area contributed by atoms with E-state index in [2.05, 4.69) is 50.7 Å². The van der Waals surface area contributed by atoms with Gasteiger partial charge in [-0.3, -0.25) is 4.79 Å². The van der Waals surface area contributed by atoms with Gasteiger partial charge in [-0.05, 0) is 29.7 Å². The Hall–Kier alpha value is -4.26. The van der Waals surface area contributed by atoms with Gasteiger partial charge in [0, 0.05) is 38.0 Å². The lowest BCUT2D eigenvalue weighted by atomic mass is 9.95. The van der Waals surface area contributed by atoms with Gasteiger partial charge in [0.15, 0.2) is 5.65 Å². The summed E-state index contributed by atoms with van der Waals surface area (Å²) in [5, 5.41) is 10.2. The van der Waals surface area contributed by atoms with Crippen molar-refractivity contribution in [1.82, 2.24) is 24.5 Å². The first kappa shape index (κ1) is 23.2. The summed E-state index contributed by atoms with van der Waals surface area (Å²) in [6, 6.07) is 28.5. The van der Waals surface area contributed by atoms with Gasteiger partial charge in [0.1, 0.15) is 5.82 Å². The lowest BCUT2D eigenvalue weighted by molar-refractivity contribution is -0.133. The summed E-state index contributed by atoms with van der Waals surface area (Å²) in [7, 11) is 0. The van der Waals surface area contributed by atoms with E-state index < -0.39 is 0 Å². The first-order chi connectivity index (χ1) is 18.2. The summed E-state index contributed by atoms with van der Waals surface area (Å²) in [6.07, 6.45) is 1.46. The van der Waals surface area contributed by atoms with Gasteiger partial charge in [-0.1, -0.05) is 79.7 Å². The molecule has 37 heavy (non-hydrogen) atoms. The molecular formula is C30H30N6O. The maximum absolute atomic E-state index is 13.4. The summed E-state index contributed by atoms with van der Waals surface area (Å²) in [5.41, 5.74) is 3.99. The van der Waals surface area contributed by atoms with Crippen molar-refractivity contribution in [3.8, 4) is 0 Å². The lowest BCUT2D eigenvalue weighted by Crippen LogP contribution is -2.50. The van der Waals surface area contributed by atoms with Crippen molar-refractivity contribution < 1.29 is 4.79 Å². The van der Waals surface area contributed by atoms with E-state index in [1.54, 1.807) is 0 Å². The third kappa shape index (κ3) is 4.42. The molecule has 0 bridgehead atoms. The molecule has 3 heterocycles. The summed E-state index contributed by atoms with van der Waals surface area (Å²) in [4.78, 5) is 22.8. The SMILES string of the molecule is CC[C@H](C(=O)N1CCN(c2nc3ccccc3c3nnc(Cc4ccccc4)n23)CC1)c1ccccc1. The zero-order valence-electron chi connectivity index (χ0n) is 21.0. The van der Waals surface area contributed by atoms with E-state index in [1.165, 1.54) is 5.56 Å². The second-order valence-electron chi connectivity index (χ2n) is 9.55. The van der Waals surface area contributed by atoms with Gasteiger partial charge >= 0.3 is 0 Å². The van der Waals surface area contributed by atoms with Crippen LogP contribution in [0.2, 0.25) is 0 Å². The van der Waals surface area contributed by atoms with Gasteiger partial charge in [0.25, 0.3) is 0 Å². The predicted molar refractivity (Wildman–Crippen MR) is 146 cm³/mol. The highest BCUT2D eigenvalue weighted by Crippen LogP contribution is 2.27. The number of aromatic nitrogens is 4. The van der Waals surface area contributed by atoms with Crippen molar-refractivity contribution in [3.63, 3.8) is 0 Å². The van der Waals surface area contributed by atoms with Crippen molar-refractivity contribution in [2.75, 3.05) is 31.1 Å². The smallest absolute Gasteiger partial charge is 0.230 e. The molecule has 0 spiro atoms. The van der Waals surface area contributed by atoms with Gasteiger partial charge in [0.05, 0.1) is 11.4 Å². The molecule has 0 saturated carbocycles. The van der Waals surface area contributed by atoms with Crippen molar-refractivity contribution in [3.05, 3.63) is 102 Å². The van der Waals surface area contributed by atoms with Gasteiger partial charge < -0.3 is 9.80 Å². The minimum absolute atomic E-state index is 0.103. The summed E-state index contributed by atoms with van der Waals surface area (Å²) in [5.74, 6) is 1.81. The zero-order valence-corrected chi connectivity index (χ0v) is 21.0. The van der Waals surface area contributed by atoms with Crippen LogP contribution in [0.4, 0.5) is 5.95 Å². The minimum Gasteiger partial charge on any atom is -0.339 e. The third-order valence-electron chi connectivity index (χ3n) is 7.28. The third-order valence-corrected chi connectivity index (χ3v) is 7.28. The molecule has 6 rings (SSSR count). The summed E-state index contributed by atoms with van der Waals surface area (Å²) in [6.45, 7) is 4.82. The largest absolute Gasteiger partial charge is 0.339 e. The Labute approximate surface area is 216 Å². The number of nitrogens with zero attached hydrogens (tertiary/aromatic N) is 6. The van der Waals surface area contributed by atoms with Gasteiger partial charge in [0.2, 0.25) is 11.9 Å². The van der Waals surface area contributed by atoms with Gasteiger partial charge in [-0.15, -0.1) is 10.2 Å². The highest BCUT2D eigenvalue weighted by molar-refractivity contribution is 5.92. The maximum atomic E-state index is 13.4. The standard InChI is InChI=1S/C30H30N6O/c1-2-24(23-13-7-4-8-14-23)29(37)34-17-19-35(20-18-34)30-31-26-16-10-9-15-25(26)28-33-32-27(36(28)30)21-22-11-5-3-6-12-22/h3-16,24H,2,17-21H2,1H3/t24-/m0/s1. The second-order valence-corrected chi connectivity index (χ2v) is 9.55. The molecule has 1 amide bonds. The van der Waals surface area contributed by atoms with E-state index >= 15 is 0 Å². The molecule has 7 nitrogen and oxygen atoms in total. The summed E-state index contributed by atoms with van der Waals surface area (Å²) < 4.78 is 2.10. The first-order valence-electron chi connectivity index (χ1n) is 13.0. The molecule has 0 unspecified atom stereocenters. The fraction of sp³-hybridized carbons (Fsp3) is 0.267. The van der Waals surface area contributed by atoms with E-state index in [0.29, 0.717) is 32.6 Å². The Bertz CT molecular complexity index is 1520. The molecule has 186 valence electrons. The molecule has 1 saturated heterocycles. The van der Waals surface area contributed by atoms with Crippen LogP contribution in [0.1, 0.15) is 36.2 Å². The number of amides is 1. The maximum Gasteiger partial charge on any atom is 0.230 e. The van der Waals surface area contributed by atoms with Crippen LogP contribution in [-0.4, -0.2) is 56.6 Å². The Morgan fingerprint density at radius 2 is 1.51 bits per heavy atom. The molecule has 0 aliphatic carbocycles. The highest BCUT2D eigenvalue weighted by atomic mass is 16.2. The van der Waals surface area contributed by atoms with Crippen LogP contribution in [-0.2, 0) is 11.2 Å². The van der Waals surface area contributed by atoms with E-state index in [-0.39, 0.29) is 11.8 Å². The van der Waals surface area contributed by atoms with E-state index in [9.17, 15) is 4.79 Å². The first-order valence-corrected chi connectivity index (χ1v) is 13.0. The molecule has 1 aliphatic rings. The van der Waals surface area contributed by atoms with Crippen LogP contribution in [0.25, 0.3) is 16.6 Å². The Morgan fingerprint density at radius 3 is 2.24 bits per heavy atom. The molecule has 7 heteroatoms. The molecular weight excluding hydrogens is 460 g/mol. The molecule has 1 fully saturated rings. The molecule has 3 aromatic carbocycles. The highest BCUT2D eigenvalue weighted by Gasteiger charge is 2.29. The number of anilines is 1. The molecule has 1 atom stereocenters. The van der Waals surface area contributed by atoms with E-state index in [4.69, 9.17) is 4.98 Å². The number of hydrogen-bond acceptors (Lipinski definition) is 5. The van der Waals surface area contributed by atoms with Crippen LogP contribution < -0.4 is 4.90 Å². The molecule has 0 radical (unpaired) electrons. The Balaban J connectivity index is 1.30. The van der Waals surface area contributed by atoms with Gasteiger partial charge in [-0.25, -0.2) is 9.38 Å². The van der Waals surface area contributed by atoms with Crippen LogP contribution in [0.5, 0.6) is 0 Å². The molecule has 0 N–H and O–H groups in total. The number of para-hydroxylation sites is 1. The number of carbonyl (C=O) groups is 1. The van der Waals surface area contributed by atoms with Crippen LogP contribution in [0.15, 0.2) is 84.9 Å². The topological polar surface area (TPSA) is 66.6 Å². The average molecular weight is 491 g/mol. The number of rotatable bonds is 6. The fourth-order valence-corrected chi connectivity index (χ4v) is 5.31. The molecule has 5 aromatic rings. The summed E-state index contributed by atoms with van der Waals surface area (Å²) >= 11 is 0. The normalized spacial score (nSPS) is 14.8. The van der Waals surface area contributed by atoms with Crippen LogP contribution in [0.3, 0.4) is 0 Å². The quantitative estimate of drug-likeness (QED) is 0.345. The lowest BCUT2D eigenvalue weighted by Gasteiger charge is -2.37. The average Bonchev–Trinajstić information content (AvgIpc) is 3.38. The number of hydrogen-bond donors (Lipinski definition) is 0. The fourth-order valence-electron chi connectivity index (χ4n) is 5.31. The number of piperazine rings is 1. The Kier molecular flexibility index (Phi) is 6.26. The number of fused-ring (bicyclic) bond motifs is 3. The Morgan fingerprint density at radius 1 is 0.838 bits per heavy atom. The van der Waals surface area contributed by atoms with Crippen LogP contribution in [0, 0.1) is 0 Å². The van der Waals surface area contributed by atoms with Gasteiger partial charge in [-0.2, -0.15) is 0 Å². The predicted octanol–water partition coefficient (Wildman–Crippen LogP) is 4.71. The van der Waals surface area contributed by atoms with E-state index in [1.807, 2.05) is 65.6 Å². The van der Waals surface area contributed by atoms with Crippen molar-refractivity contribution in [2.45, 2.75) is 25.7 Å². The van der Waals surface area contributed by atoms with Crippen molar-refractivity contribution in [1.29, 1.82) is 0 Å². The van der Waals surface area contributed by atoms with Crippen molar-refractivity contribution >= 4 is 28.4 Å². The zero-order chi connectivity index (χ0) is 25.2. The van der Waals surface area contributed by atoms with E-state index in [0.717, 1.165) is 40.3 Å². The van der Waals surface area contributed by atoms with Crippen molar-refractivity contribution in [2.24, 2.45) is 0 Å². The number of carbonyl (C=O) groups excluding carboxylic acids is 1. The molecule has 1 aliphatic heterocycles. The van der Waals surface area contributed by atoms with Crippen LogP contribution >= 0.6 is 0 Å². The minimum atomic E-state index is -0.103. The molecule has 2 aromatic heterocycles. The monoisotopic (exact) mass is 490 g/mol.